The van der Waals surface area contributed by atoms with E-state index in [1.165, 1.54) is 12.1 Å². The average Bonchev–Trinajstić information content (AvgIpc) is 2.63. The molecule has 2 rings (SSSR count). The molecule has 0 radical (unpaired) electrons. The lowest BCUT2D eigenvalue weighted by molar-refractivity contribution is -0.147. The number of carboxylic acid groups (broad SMARTS) is 1. The van der Waals surface area contributed by atoms with Gasteiger partial charge in [0.1, 0.15) is 23.0 Å². The molecule has 1 aromatic rings. The molecule has 11 heteroatoms. The van der Waals surface area contributed by atoms with E-state index in [1.54, 1.807) is 9.80 Å². The minimum Gasteiger partial charge on any atom is -0.480 e. The Labute approximate surface area is 172 Å². The molecule has 1 fully saturated rings. The molecule has 154 valence electrons. The third kappa shape index (κ3) is 7.23. The number of carbonyl (C=O) groups is 3. The van der Waals surface area contributed by atoms with E-state index in [9.17, 15) is 14.4 Å². The molecule has 1 amide bonds. The Morgan fingerprint density at radius 3 is 2.36 bits per heavy atom. The predicted octanol–water partition coefficient (Wildman–Crippen LogP) is 0.768. The fraction of sp³-hybridized carbons (Fsp3) is 0.529. The number of nitrogens with zero attached hydrogens (tertiary/aromatic N) is 3. The van der Waals surface area contributed by atoms with Gasteiger partial charge in [0, 0.05) is 32.6 Å². The Morgan fingerprint density at radius 1 is 1.18 bits per heavy atom. The van der Waals surface area contributed by atoms with E-state index < -0.39 is 18.0 Å². The first kappa shape index (κ1) is 22.4. The normalized spacial score (nSPS) is 15.9. The van der Waals surface area contributed by atoms with Crippen LogP contribution in [0.1, 0.15) is 18.4 Å². The van der Waals surface area contributed by atoms with Crippen LogP contribution in [-0.4, -0.2) is 76.5 Å². The number of nitrogens with two attached hydrogens (primary N) is 1. The molecule has 0 aliphatic carbocycles. The highest BCUT2D eigenvalue weighted by Gasteiger charge is 2.24. The predicted molar refractivity (Wildman–Crippen MR) is 102 cm³/mol. The molecule has 1 aliphatic rings. The van der Waals surface area contributed by atoms with E-state index in [1.807, 2.05) is 0 Å². The number of piperazine rings is 1. The first-order valence-corrected chi connectivity index (χ1v) is 9.46. The van der Waals surface area contributed by atoms with Crippen molar-refractivity contribution in [1.82, 2.24) is 14.8 Å². The number of aliphatic carboxylic acids is 1. The summed E-state index contributed by atoms with van der Waals surface area (Å²) in [5, 5.41) is 9.17. The van der Waals surface area contributed by atoms with Gasteiger partial charge in [-0.3, -0.25) is 19.3 Å². The number of rotatable bonds is 8. The molecule has 0 saturated carbocycles. The summed E-state index contributed by atoms with van der Waals surface area (Å²) in [6, 6.07) is 2.13. The highest BCUT2D eigenvalue weighted by molar-refractivity contribution is 6.32. The number of hydrogen-bond acceptors (Lipinski definition) is 7. The zero-order chi connectivity index (χ0) is 20.7. The molecule has 3 N–H and O–H groups in total. The number of carboxylic acids is 1. The maximum Gasteiger partial charge on any atom is 0.323 e. The Balaban J connectivity index is 1.70. The number of halogens is 2. The lowest BCUT2D eigenvalue weighted by Crippen LogP contribution is -2.50. The summed E-state index contributed by atoms with van der Waals surface area (Å²) in [6.07, 6.45) is 0.271. The van der Waals surface area contributed by atoms with Crippen molar-refractivity contribution >= 4 is 41.0 Å². The first-order valence-electron chi connectivity index (χ1n) is 8.70. The van der Waals surface area contributed by atoms with E-state index in [4.69, 9.17) is 38.8 Å². The van der Waals surface area contributed by atoms with Gasteiger partial charge in [-0.2, -0.15) is 0 Å². The number of carbonyl (C=O) groups excluding carboxylic acids is 2. The summed E-state index contributed by atoms with van der Waals surface area (Å²) < 4.78 is 5.13. The smallest absolute Gasteiger partial charge is 0.323 e. The van der Waals surface area contributed by atoms with Crippen molar-refractivity contribution in [3.05, 3.63) is 28.0 Å². The van der Waals surface area contributed by atoms with Crippen LogP contribution in [0.3, 0.4) is 0 Å². The van der Waals surface area contributed by atoms with Crippen molar-refractivity contribution in [2.24, 2.45) is 5.73 Å². The van der Waals surface area contributed by atoms with Crippen molar-refractivity contribution in [2.45, 2.75) is 25.5 Å². The van der Waals surface area contributed by atoms with E-state index in [0.29, 0.717) is 31.7 Å². The molecule has 0 aromatic carbocycles. The molecule has 1 saturated heterocycles. The second kappa shape index (κ2) is 10.6. The highest BCUT2D eigenvalue weighted by atomic mass is 35.5. The maximum absolute atomic E-state index is 12.3. The summed E-state index contributed by atoms with van der Waals surface area (Å²) in [5.74, 6) is -1.63. The Bertz CT molecular complexity index is 705. The van der Waals surface area contributed by atoms with Gasteiger partial charge in [0.05, 0.1) is 6.54 Å². The van der Waals surface area contributed by atoms with Gasteiger partial charge in [-0.05, 0) is 24.1 Å². The van der Waals surface area contributed by atoms with Crippen LogP contribution in [0.5, 0.6) is 0 Å². The van der Waals surface area contributed by atoms with Crippen LogP contribution in [0.25, 0.3) is 0 Å². The van der Waals surface area contributed by atoms with E-state index in [0.717, 1.165) is 0 Å². The quantitative estimate of drug-likeness (QED) is 0.455. The second-order valence-electron chi connectivity index (χ2n) is 6.42. The zero-order valence-corrected chi connectivity index (χ0v) is 16.7. The van der Waals surface area contributed by atoms with Crippen molar-refractivity contribution in [1.29, 1.82) is 0 Å². The standard InChI is InChI=1S/C17H22Cl2N4O5/c18-13-7-11(8-14(19)21-13)10-28-17(27)12(20)1-2-15(24)23-5-3-22(4-6-23)9-16(25)26/h7-8,12H,1-6,9-10,20H2,(H,25,26)/t12-/m0/s1. The van der Waals surface area contributed by atoms with Crippen LogP contribution in [-0.2, 0) is 25.7 Å². The Kier molecular flexibility index (Phi) is 8.43. The van der Waals surface area contributed by atoms with Crippen molar-refractivity contribution < 1.29 is 24.2 Å². The number of hydrogen-bond donors (Lipinski definition) is 2. The van der Waals surface area contributed by atoms with Gasteiger partial charge < -0.3 is 20.5 Å². The number of amides is 1. The molecule has 1 atom stereocenters. The van der Waals surface area contributed by atoms with Gasteiger partial charge in [0.25, 0.3) is 0 Å². The zero-order valence-electron chi connectivity index (χ0n) is 15.1. The van der Waals surface area contributed by atoms with Gasteiger partial charge in [0.2, 0.25) is 5.91 Å². The van der Waals surface area contributed by atoms with Gasteiger partial charge in [-0.1, -0.05) is 23.2 Å². The van der Waals surface area contributed by atoms with Crippen LogP contribution >= 0.6 is 23.2 Å². The van der Waals surface area contributed by atoms with Gasteiger partial charge >= 0.3 is 11.9 Å². The van der Waals surface area contributed by atoms with Crippen molar-refractivity contribution in [3.63, 3.8) is 0 Å². The lowest BCUT2D eigenvalue weighted by atomic mass is 10.1. The van der Waals surface area contributed by atoms with Gasteiger partial charge in [-0.15, -0.1) is 0 Å². The summed E-state index contributed by atoms with van der Waals surface area (Å²) in [5.41, 5.74) is 6.40. The van der Waals surface area contributed by atoms with Gasteiger partial charge in [-0.25, -0.2) is 4.98 Å². The fourth-order valence-electron chi connectivity index (χ4n) is 2.76. The lowest BCUT2D eigenvalue weighted by Gasteiger charge is -2.34. The number of pyridine rings is 1. The average molecular weight is 433 g/mol. The Morgan fingerprint density at radius 2 is 1.79 bits per heavy atom. The van der Waals surface area contributed by atoms with Crippen LogP contribution in [0, 0.1) is 0 Å². The minimum absolute atomic E-state index is 0.0351. The minimum atomic E-state index is -0.926. The molecule has 28 heavy (non-hydrogen) atoms. The molecule has 1 aromatic heterocycles. The van der Waals surface area contributed by atoms with Crippen LogP contribution in [0.4, 0.5) is 0 Å². The summed E-state index contributed by atoms with van der Waals surface area (Å²) in [6.45, 7) is 1.83. The highest BCUT2D eigenvalue weighted by Crippen LogP contribution is 2.15. The topological polar surface area (TPSA) is 126 Å². The van der Waals surface area contributed by atoms with E-state index >= 15 is 0 Å². The molecular formula is C17H22Cl2N4O5. The van der Waals surface area contributed by atoms with Crippen LogP contribution in [0.15, 0.2) is 12.1 Å². The first-order chi connectivity index (χ1) is 13.2. The second-order valence-corrected chi connectivity index (χ2v) is 7.20. The summed E-state index contributed by atoms with van der Waals surface area (Å²) in [4.78, 5) is 42.2. The molecule has 9 nitrogen and oxygen atoms in total. The largest absolute Gasteiger partial charge is 0.480 e. The van der Waals surface area contributed by atoms with E-state index in [-0.39, 0.29) is 42.2 Å². The molecule has 0 bridgehead atoms. The third-order valence-corrected chi connectivity index (χ3v) is 4.65. The number of ether oxygens (including phenoxy) is 1. The van der Waals surface area contributed by atoms with E-state index in [2.05, 4.69) is 4.98 Å². The molecule has 1 aliphatic heterocycles. The number of esters is 1. The molecule has 0 spiro atoms. The van der Waals surface area contributed by atoms with Crippen molar-refractivity contribution in [3.8, 4) is 0 Å². The molecular weight excluding hydrogens is 411 g/mol. The molecule has 0 unspecified atom stereocenters. The third-order valence-electron chi connectivity index (χ3n) is 4.26. The summed E-state index contributed by atoms with van der Waals surface area (Å²) in [7, 11) is 0. The Hall–Kier alpha value is -1.94. The monoisotopic (exact) mass is 432 g/mol. The molecule has 2 heterocycles. The van der Waals surface area contributed by atoms with Gasteiger partial charge in [0.15, 0.2) is 0 Å². The fourth-order valence-corrected chi connectivity index (χ4v) is 3.27. The maximum atomic E-state index is 12.3. The van der Waals surface area contributed by atoms with Crippen LogP contribution in [0.2, 0.25) is 10.3 Å². The SMILES string of the molecule is N[C@@H](CCC(=O)N1CCN(CC(=O)O)CC1)C(=O)OCc1cc(Cl)nc(Cl)c1. The van der Waals surface area contributed by atoms with Crippen molar-refractivity contribution in [2.75, 3.05) is 32.7 Å². The van der Waals surface area contributed by atoms with Crippen LogP contribution < -0.4 is 5.73 Å². The number of aromatic nitrogens is 1. The summed E-state index contributed by atoms with van der Waals surface area (Å²) >= 11 is 11.6.